The van der Waals surface area contributed by atoms with Crippen LogP contribution in [0.25, 0.3) is 0 Å². The third-order valence-corrected chi connectivity index (χ3v) is 17.3. The van der Waals surface area contributed by atoms with Gasteiger partial charge < -0.3 is 14.9 Å². The Bertz CT molecular complexity index is 999. The van der Waals surface area contributed by atoms with Crippen molar-refractivity contribution in [2.24, 2.45) is 61.1 Å². The van der Waals surface area contributed by atoms with E-state index in [9.17, 15) is 10.2 Å². The normalized spacial score (nSPS) is 60.7. The minimum absolute atomic E-state index is 0.00789. The number of epoxide rings is 1. The van der Waals surface area contributed by atoms with Crippen LogP contribution in [0.5, 0.6) is 0 Å². The largest absolute Gasteiger partial charge is 0.396 e. The molecule has 2 N–H and O–H groups in total. The molecule has 1 spiro atoms. The lowest BCUT2D eigenvalue weighted by Gasteiger charge is -2.76. The number of rotatable bonds is 1. The second kappa shape index (κ2) is 7.02. The summed E-state index contributed by atoms with van der Waals surface area (Å²) in [6.45, 7) is 28.1. The minimum atomic E-state index is -0.388. The van der Waals surface area contributed by atoms with Gasteiger partial charge >= 0.3 is 0 Å². The van der Waals surface area contributed by atoms with E-state index in [4.69, 9.17) is 4.74 Å². The molecule has 3 heteroatoms. The van der Waals surface area contributed by atoms with Crippen LogP contribution in [-0.2, 0) is 4.74 Å². The monoisotopic (exact) mass is 514 g/mol. The van der Waals surface area contributed by atoms with E-state index in [0.29, 0.717) is 23.9 Å². The first-order valence-corrected chi connectivity index (χ1v) is 15.7. The lowest BCUT2D eigenvalue weighted by Crippen LogP contribution is -2.74. The van der Waals surface area contributed by atoms with Gasteiger partial charge in [-0.15, -0.1) is 0 Å². The highest BCUT2D eigenvalue weighted by molar-refractivity contribution is 5.34. The van der Waals surface area contributed by atoms with Crippen LogP contribution in [0.2, 0.25) is 0 Å². The fraction of sp³-hybridized carbons (Fsp3) is 1.00. The average molecular weight is 515 g/mol. The summed E-state index contributed by atoms with van der Waals surface area (Å²) in [6.07, 6.45) is 9.22. The molecule has 1 saturated heterocycles. The van der Waals surface area contributed by atoms with Gasteiger partial charge in [0.1, 0.15) is 5.60 Å². The molecule has 6 aliphatic rings. The molecule has 0 aromatic carbocycles. The fourth-order valence-electron chi connectivity index (χ4n) is 13.1. The van der Waals surface area contributed by atoms with E-state index in [1.807, 2.05) is 0 Å². The molecule has 6 fully saturated rings. The molecular formula is C34H58O3. The van der Waals surface area contributed by atoms with Crippen molar-refractivity contribution < 1.29 is 14.9 Å². The van der Waals surface area contributed by atoms with E-state index in [2.05, 4.69) is 76.2 Å². The lowest BCUT2D eigenvalue weighted by molar-refractivity contribution is -0.280. The summed E-state index contributed by atoms with van der Waals surface area (Å²) in [7, 11) is 0. The minimum Gasteiger partial charge on any atom is -0.396 e. The molecule has 1 heterocycles. The van der Waals surface area contributed by atoms with Crippen molar-refractivity contribution >= 4 is 0 Å². The predicted molar refractivity (Wildman–Crippen MR) is 150 cm³/mol. The van der Waals surface area contributed by atoms with Gasteiger partial charge in [0, 0.05) is 10.8 Å². The standard InChI is InChI=1S/C34H58O3/c1-26(2)19-23-31(9,28(5,6)27(26,3)4)16-17-33(11)32(10)15-12-21-29(7,14-13-24(36)30(21,8)20-35)22(32)18-25-34(23,33)37-25/h21-25,35-36H,12-20H2,1-11H3. The number of ether oxygens (including phenoxy) is 1. The van der Waals surface area contributed by atoms with Crippen molar-refractivity contribution in [3.8, 4) is 0 Å². The summed E-state index contributed by atoms with van der Waals surface area (Å²) in [4.78, 5) is 0. The highest BCUT2D eigenvalue weighted by Crippen LogP contribution is 2.85. The van der Waals surface area contributed by atoms with Gasteiger partial charge in [-0.2, -0.15) is 0 Å². The quantitative estimate of drug-likeness (QED) is 0.354. The van der Waals surface area contributed by atoms with E-state index in [-0.39, 0.29) is 61.6 Å². The number of fused-ring (bicyclic) bond motifs is 5. The van der Waals surface area contributed by atoms with Crippen molar-refractivity contribution in [1.29, 1.82) is 0 Å². The second-order valence-corrected chi connectivity index (χ2v) is 18.1. The lowest BCUT2D eigenvalue weighted by atomic mass is 9.28. The first-order chi connectivity index (χ1) is 16.8. The third-order valence-electron chi connectivity index (χ3n) is 17.3. The molecule has 11 atom stereocenters. The van der Waals surface area contributed by atoms with Gasteiger partial charge in [-0.25, -0.2) is 0 Å². The Morgan fingerprint density at radius 3 is 1.97 bits per heavy atom. The highest BCUT2D eigenvalue weighted by atomic mass is 16.6. The number of aliphatic hydroxyl groups excluding tert-OH is 2. The van der Waals surface area contributed by atoms with Gasteiger partial charge in [0.2, 0.25) is 0 Å². The Kier molecular flexibility index (Phi) is 5.13. The van der Waals surface area contributed by atoms with Crippen LogP contribution < -0.4 is 0 Å². The summed E-state index contributed by atoms with van der Waals surface area (Å²) < 4.78 is 7.24. The molecule has 6 rings (SSSR count). The number of hydrogen-bond donors (Lipinski definition) is 2. The fourth-order valence-corrected chi connectivity index (χ4v) is 13.1. The Morgan fingerprint density at radius 2 is 1.35 bits per heavy atom. The molecule has 11 unspecified atom stereocenters. The maximum atomic E-state index is 11.1. The van der Waals surface area contributed by atoms with E-state index in [0.717, 1.165) is 19.3 Å². The number of hydrogen-bond acceptors (Lipinski definition) is 3. The van der Waals surface area contributed by atoms with Crippen LogP contribution in [0.15, 0.2) is 0 Å². The number of aliphatic hydroxyl groups is 2. The van der Waals surface area contributed by atoms with Crippen LogP contribution in [0.4, 0.5) is 0 Å². The Hall–Kier alpha value is -0.120. The summed E-state index contributed by atoms with van der Waals surface area (Å²) in [5.41, 5.74) is 1.18. The van der Waals surface area contributed by atoms with Gasteiger partial charge in [0.15, 0.2) is 0 Å². The molecule has 5 saturated carbocycles. The SMILES string of the molecule is CC1(CO)C(O)CCC2(C)C1CCC1(C)C2CC2OC23C2CC(C)(C)C(C)(C)C(C)(C)C2(C)CCC13C. The Labute approximate surface area is 227 Å². The van der Waals surface area contributed by atoms with Gasteiger partial charge in [-0.05, 0) is 102 Å². The van der Waals surface area contributed by atoms with E-state index in [1.165, 1.54) is 32.1 Å². The van der Waals surface area contributed by atoms with Gasteiger partial charge in [-0.1, -0.05) is 76.2 Å². The third kappa shape index (κ3) is 2.56. The maximum Gasteiger partial charge on any atom is 0.104 e. The van der Waals surface area contributed by atoms with Crippen molar-refractivity contribution in [3.05, 3.63) is 0 Å². The van der Waals surface area contributed by atoms with Crippen LogP contribution in [0, 0.1) is 61.1 Å². The summed E-state index contributed by atoms with van der Waals surface area (Å²) in [5.74, 6) is 1.57. The molecule has 37 heavy (non-hydrogen) atoms. The zero-order valence-electron chi connectivity index (χ0n) is 26.1. The van der Waals surface area contributed by atoms with Crippen molar-refractivity contribution in [1.82, 2.24) is 0 Å². The summed E-state index contributed by atoms with van der Waals surface area (Å²) in [5, 5.41) is 21.6. The molecule has 5 aliphatic carbocycles. The second-order valence-electron chi connectivity index (χ2n) is 18.1. The average Bonchev–Trinajstić information content (AvgIpc) is 3.54. The first-order valence-electron chi connectivity index (χ1n) is 15.7. The maximum absolute atomic E-state index is 11.1. The van der Waals surface area contributed by atoms with Gasteiger partial charge in [-0.3, -0.25) is 0 Å². The first kappa shape index (κ1) is 27.1. The van der Waals surface area contributed by atoms with E-state index < -0.39 is 0 Å². The highest BCUT2D eigenvalue weighted by Gasteiger charge is 2.86. The smallest absolute Gasteiger partial charge is 0.104 e. The molecule has 0 aromatic heterocycles. The zero-order chi connectivity index (χ0) is 27.5. The topological polar surface area (TPSA) is 53.0 Å². The summed E-state index contributed by atoms with van der Waals surface area (Å²) in [6, 6.07) is 0. The van der Waals surface area contributed by atoms with Crippen LogP contribution >= 0.6 is 0 Å². The van der Waals surface area contributed by atoms with E-state index >= 15 is 0 Å². The van der Waals surface area contributed by atoms with Crippen LogP contribution in [0.1, 0.15) is 128 Å². The summed E-state index contributed by atoms with van der Waals surface area (Å²) >= 11 is 0. The van der Waals surface area contributed by atoms with Crippen LogP contribution in [-0.4, -0.2) is 34.6 Å². The van der Waals surface area contributed by atoms with Crippen LogP contribution in [0.3, 0.4) is 0 Å². The Balaban J connectivity index is 1.45. The molecule has 212 valence electrons. The zero-order valence-corrected chi connectivity index (χ0v) is 26.1. The van der Waals surface area contributed by atoms with Gasteiger partial charge in [0.25, 0.3) is 0 Å². The van der Waals surface area contributed by atoms with Crippen molar-refractivity contribution in [3.63, 3.8) is 0 Å². The molecule has 1 aliphatic heterocycles. The van der Waals surface area contributed by atoms with E-state index in [1.54, 1.807) is 0 Å². The molecule has 3 nitrogen and oxygen atoms in total. The molecule has 0 bridgehead atoms. The van der Waals surface area contributed by atoms with Crippen molar-refractivity contribution in [2.75, 3.05) is 6.61 Å². The Morgan fingerprint density at radius 1 is 0.703 bits per heavy atom. The molecular weight excluding hydrogens is 456 g/mol. The molecule has 0 amide bonds. The van der Waals surface area contributed by atoms with Crippen molar-refractivity contribution in [2.45, 2.75) is 145 Å². The predicted octanol–water partition coefficient (Wildman–Crippen LogP) is 7.62. The molecule has 0 radical (unpaired) electrons. The molecule has 0 aromatic rings. The van der Waals surface area contributed by atoms with Gasteiger partial charge in [0.05, 0.1) is 18.8 Å².